The number of rotatable bonds is 6. The first-order chi connectivity index (χ1) is 10.4. The maximum absolute atomic E-state index is 6.53. The fourth-order valence-electron chi connectivity index (χ4n) is 2.71. The van der Waals surface area contributed by atoms with Crippen LogP contribution in [0.1, 0.15) is 32.3 Å². The molecule has 0 heterocycles. The average molecular weight is 337 g/mol. The van der Waals surface area contributed by atoms with Crippen LogP contribution in [0.3, 0.4) is 0 Å². The molecule has 1 saturated carbocycles. The minimum absolute atomic E-state index is 0.104. The summed E-state index contributed by atoms with van der Waals surface area (Å²) in [7, 11) is 0. The zero-order valence-corrected chi connectivity index (χ0v) is 14.8. The van der Waals surface area contributed by atoms with Gasteiger partial charge in [-0.15, -0.1) is 23.2 Å². The van der Waals surface area contributed by atoms with E-state index in [0.717, 1.165) is 22.5 Å². The molecule has 1 aromatic rings. The Kier molecular flexibility index (Phi) is 5.41. The molecule has 0 saturated heterocycles. The van der Waals surface area contributed by atoms with Crippen molar-refractivity contribution < 1.29 is 4.74 Å². The van der Waals surface area contributed by atoms with E-state index in [1.165, 1.54) is 0 Å². The molecule has 2 unspecified atom stereocenters. The van der Waals surface area contributed by atoms with Crippen LogP contribution >= 0.6 is 23.2 Å². The van der Waals surface area contributed by atoms with Crippen molar-refractivity contribution in [3.05, 3.63) is 65.8 Å². The van der Waals surface area contributed by atoms with Crippen molar-refractivity contribution in [3.8, 4) is 5.75 Å². The number of allylic oxidation sites excluding steroid dienone is 5. The Labute approximate surface area is 143 Å². The molecule has 0 aromatic heterocycles. The Bertz CT molecular complexity index is 596. The molecule has 0 N–H and O–H groups in total. The van der Waals surface area contributed by atoms with E-state index in [4.69, 9.17) is 27.9 Å². The van der Waals surface area contributed by atoms with Crippen molar-refractivity contribution >= 4 is 23.2 Å². The number of halogens is 2. The molecule has 1 aliphatic carbocycles. The monoisotopic (exact) mass is 336 g/mol. The minimum Gasteiger partial charge on any atom is -0.494 e. The first-order valence-corrected chi connectivity index (χ1v) is 8.27. The molecule has 0 spiro atoms. The highest BCUT2D eigenvalue weighted by Gasteiger charge is 2.64. The van der Waals surface area contributed by atoms with Crippen molar-refractivity contribution in [2.24, 2.45) is 5.92 Å². The van der Waals surface area contributed by atoms with E-state index in [2.05, 4.69) is 18.7 Å². The molecule has 1 nitrogen and oxygen atoms in total. The fraction of sp³-hybridized carbons (Fsp3) is 0.368. The lowest BCUT2D eigenvalue weighted by Gasteiger charge is -2.05. The molecule has 0 radical (unpaired) electrons. The molecule has 0 amide bonds. The van der Waals surface area contributed by atoms with Gasteiger partial charge in [0.15, 0.2) is 0 Å². The van der Waals surface area contributed by atoms with Gasteiger partial charge < -0.3 is 4.74 Å². The van der Waals surface area contributed by atoms with Gasteiger partial charge in [-0.2, -0.15) is 0 Å². The summed E-state index contributed by atoms with van der Waals surface area (Å²) in [5, 5.41) is 0. The van der Waals surface area contributed by atoms with Crippen LogP contribution in [0.2, 0.25) is 0 Å². The van der Waals surface area contributed by atoms with E-state index in [1.54, 1.807) is 0 Å². The second-order valence-electron chi connectivity index (χ2n) is 5.60. The maximum atomic E-state index is 6.53. The smallest absolute Gasteiger partial charge is 0.133 e. The van der Waals surface area contributed by atoms with Crippen molar-refractivity contribution in [1.29, 1.82) is 0 Å². The Morgan fingerprint density at radius 2 is 1.91 bits per heavy atom. The van der Waals surface area contributed by atoms with Crippen molar-refractivity contribution in [2.75, 3.05) is 6.61 Å². The summed E-state index contributed by atoms with van der Waals surface area (Å²) < 4.78 is 4.72. The normalized spacial score (nSPS) is 23.6. The van der Waals surface area contributed by atoms with Gasteiger partial charge in [0.05, 0.1) is 6.61 Å². The van der Waals surface area contributed by atoms with Gasteiger partial charge in [0, 0.05) is 11.8 Å². The Morgan fingerprint density at radius 3 is 2.41 bits per heavy atom. The Morgan fingerprint density at radius 1 is 1.27 bits per heavy atom. The summed E-state index contributed by atoms with van der Waals surface area (Å²) in [6, 6.07) is 8.03. The molecule has 2 rings (SSSR count). The van der Waals surface area contributed by atoms with Gasteiger partial charge in [-0.1, -0.05) is 42.5 Å². The predicted molar refractivity (Wildman–Crippen MR) is 96.0 cm³/mol. The van der Waals surface area contributed by atoms with E-state index in [1.807, 2.05) is 51.1 Å². The topological polar surface area (TPSA) is 9.23 Å². The molecule has 0 bridgehead atoms. The molecule has 3 heteroatoms. The molecule has 22 heavy (non-hydrogen) atoms. The highest BCUT2D eigenvalue weighted by atomic mass is 35.5. The molecule has 2 atom stereocenters. The average Bonchev–Trinajstić information content (AvgIpc) is 3.03. The largest absolute Gasteiger partial charge is 0.494 e. The van der Waals surface area contributed by atoms with Crippen LogP contribution < -0.4 is 4.74 Å². The van der Waals surface area contributed by atoms with E-state index in [0.29, 0.717) is 6.61 Å². The highest BCUT2D eigenvalue weighted by Crippen LogP contribution is 2.67. The molecule has 1 aromatic carbocycles. The van der Waals surface area contributed by atoms with Gasteiger partial charge in [-0.3, -0.25) is 0 Å². The number of hydrogen-bond acceptors (Lipinski definition) is 1. The van der Waals surface area contributed by atoms with Crippen LogP contribution in [0, 0.1) is 5.92 Å². The van der Waals surface area contributed by atoms with Crippen LogP contribution in [0.25, 0.3) is 0 Å². The van der Waals surface area contributed by atoms with Gasteiger partial charge in [0.2, 0.25) is 0 Å². The molecule has 118 valence electrons. The summed E-state index contributed by atoms with van der Waals surface area (Å²) in [5.74, 6) is 1.08. The van der Waals surface area contributed by atoms with E-state index >= 15 is 0 Å². The third-order valence-corrected chi connectivity index (χ3v) is 4.80. The summed E-state index contributed by atoms with van der Waals surface area (Å²) in [6.07, 6.45) is 6.12. The van der Waals surface area contributed by atoms with Gasteiger partial charge in [-0.05, 0) is 44.0 Å². The molecule has 0 aliphatic heterocycles. The van der Waals surface area contributed by atoms with Crippen LogP contribution in [0.4, 0.5) is 0 Å². The number of ether oxygens (including phenoxy) is 1. The van der Waals surface area contributed by atoms with Crippen molar-refractivity contribution in [2.45, 2.75) is 31.0 Å². The maximum Gasteiger partial charge on any atom is 0.133 e. The molecule has 1 aliphatic rings. The number of benzene rings is 1. The van der Waals surface area contributed by atoms with E-state index in [9.17, 15) is 0 Å². The van der Waals surface area contributed by atoms with Crippen molar-refractivity contribution in [1.82, 2.24) is 0 Å². The third kappa shape index (κ3) is 3.59. The van der Waals surface area contributed by atoms with Crippen LogP contribution in [-0.2, 0) is 0 Å². The standard InChI is InChI=1S/C19H22Cl2O/c1-5-14(8-7-13(3)4)17-18(19(17,20)21)15-9-11-16(12-10-15)22-6-2/h5,7-12,17-18H,3,6H2,1-2,4H3/b8-7-,14-5+. The number of hydrogen-bond donors (Lipinski definition) is 0. The predicted octanol–water partition coefficient (Wildman–Crippen LogP) is 6.05. The Hall–Kier alpha value is -1.18. The summed E-state index contributed by atoms with van der Waals surface area (Å²) in [6.45, 7) is 10.5. The van der Waals surface area contributed by atoms with Crippen LogP contribution in [0.5, 0.6) is 5.75 Å². The second kappa shape index (κ2) is 6.93. The zero-order valence-electron chi connectivity index (χ0n) is 13.3. The lowest BCUT2D eigenvalue weighted by Crippen LogP contribution is -1.93. The van der Waals surface area contributed by atoms with E-state index in [-0.39, 0.29) is 11.8 Å². The number of alkyl halides is 2. The second-order valence-corrected chi connectivity index (χ2v) is 7.04. The van der Waals surface area contributed by atoms with Gasteiger partial charge in [0.25, 0.3) is 0 Å². The summed E-state index contributed by atoms with van der Waals surface area (Å²) in [5.41, 5.74) is 3.29. The molecular formula is C19H22Cl2O. The SMILES string of the molecule is C=C(C)/C=C\C(=C/C)C1C(c2ccc(OCC)cc2)C1(Cl)Cl. The van der Waals surface area contributed by atoms with Crippen LogP contribution in [-0.4, -0.2) is 10.9 Å². The summed E-state index contributed by atoms with van der Waals surface area (Å²) >= 11 is 13.1. The molecular weight excluding hydrogens is 315 g/mol. The van der Waals surface area contributed by atoms with Crippen LogP contribution in [0.15, 0.2) is 60.2 Å². The summed E-state index contributed by atoms with van der Waals surface area (Å²) in [4.78, 5) is 0. The minimum atomic E-state index is -0.756. The Balaban J connectivity index is 2.20. The van der Waals surface area contributed by atoms with Gasteiger partial charge in [0.1, 0.15) is 10.1 Å². The van der Waals surface area contributed by atoms with E-state index < -0.39 is 4.33 Å². The van der Waals surface area contributed by atoms with Gasteiger partial charge in [-0.25, -0.2) is 0 Å². The quantitative estimate of drug-likeness (QED) is 0.453. The zero-order chi connectivity index (χ0) is 16.3. The molecule has 1 fully saturated rings. The van der Waals surface area contributed by atoms with Crippen molar-refractivity contribution in [3.63, 3.8) is 0 Å². The first-order valence-electron chi connectivity index (χ1n) is 7.52. The third-order valence-electron chi connectivity index (χ3n) is 3.86. The first kappa shape index (κ1) is 17.2. The highest BCUT2D eigenvalue weighted by molar-refractivity contribution is 6.52. The fourth-order valence-corrected chi connectivity index (χ4v) is 3.59. The lowest BCUT2D eigenvalue weighted by atomic mass is 10.0. The lowest BCUT2D eigenvalue weighted by molar-refractivity contribution is 0.340. The van der Waals surface area contributed by atoms with Gasteiger partial charge >= 0.3 is 0 Å².